The molecule has 0 saturated heterocycles. The minimum absolute atomic E-state index is 0.174. The number of aromatic nitrogens is 1. The van der Waals surface area contributed by atoms with Crippen molar-refractivity contribution in [3.63, 3.8) is 0 Å². The van der Waals surface area contributed by atoms with Gasteiger partial charge in [0.2, 0.25) is 0 Å². The van der Waals surface area contributed by atoms with Gasteiger partial charge >= 0.3 is 0 Å². The van der Waals surface area contributed by atoms with Crippen molar-refractivity contribution >= 4 is 11.3 Å². The molecule has 0 spiro atoms. The van der Waals surface area contributed by atoms with Crippen LogP contribution in [-0.4, -0.2) is 11.5 Å². The van der Waals surface area contributed by atoms with Crippen LogP contribution in [0.2, 0.25) is 0 Å². The zero-order chi connectivity index (χ0) is 11.9. The first-order valence-corrected chi connectivity index (χ1v) is 6.56. The van der Waals surface area contributed by atoms with Crippen LogP contribution in [-0.2, 0) is 13.0 Å². The molecule has 2 rings (SSSR count). The second kappa shape index (κ2) is 6.47. The molecule has 0 bridgehead atoms. The first-order chi connectivity index (χ1) is 8.34. The first-order valence-electron chi connectivity index (χ1n) is 5.68. The van der Waals surface area contributed by atoms with Gasteiger partial charge in [0.1, 0.15) is 5.82 Å². The Kier molecular flexibility index (Phi) is 4.64. The van der Waals surface area contributed by atoms with Crippen LogP contribution in [0.3, 0.4) is 0 Å². The average molecular weight is 250 g/mol. The fourth-order valence-electron chi connectivity index (χ4n) is 1.62. The molecule has 17 heavy (non-hydrogen) atoms. The lowest BCUT2D eigenvalue weighted by Gasteiger charge is -2.04. The van der Waals surface area contributed by atoms with Gasteiger partial charge in [-0.2, -0.15) is 0 Å². The Labute approximate surface area is 105 Å². The molecule has 0 radical (unpaired) electrons. The molecule has 4 heteroatoms. The largest absolute Gasteiger partial charge is 0.313 e. The Morgan fingerprint density at radius 1 is 1.35 bits per heavy atom. The van der Waals surface area contributed by atoms with E-state index in [4.69, 9.17) is 0 Å². The molecule has 1 N–H and O–H groups in total. The summed E-state index contributed by atoms with van der Waals surface area (Å²) < 4.78 is 12.9. The van der Waals surface area contributed by atoms with Crippen LogP contribution in [0.1, 0.15) is 17.0 Å². The van der Waals surface area contributed by atoms with Gasteiger partial charge in [0.05, 0.1) is 5.01 Å². The maximum atomic E-state index is 12.9. The fourth-order valence-corrected chi connectivity index (χ4v) is 2.28. The first kappa shape index (κ1) is 12.2. The van der Waals surface area contributed by atoms with Crippen LogP contribution in [0, 0.1) is 5.82 Å². The van der Waals surface area contributed by atoms with Gasteiger partial charge in [-0.15, -0.1) is 11.3 Å². The van der Waals surface area contributed by atoms with Crippen molar-refractivity contribution in [2.24, 2.45) is 0 Å². The maximum Gasteiger partial charge on any atom is 0.123 e. The van der Waals surface area contributed by atoms with Crippen LogP contribution >= 0.6 is 11.3 Å². The number of nitrogens with zero attached hydrogens (tertiary/aromatic N) is 1. The van der Waals surface area contributed by atoms with Crippen LogP contribution in [0.25, 0.3) is 0 Å². The van der Waals surface area contributed by atoms with Gasteiger partial charge in [0, 0.05) is 24.5 Å². The van der Waals surface area contributed by atoms with Crippen molar-refractivity contribution in [3.8, 4) is 0 Å². The summed E-state index contributed by atoms with van der Waals surface area (Å²) >= 11 is 1.69. The Morgan fingerprint density at radius 2 is 2.29 bits per heavy atom. The Bertz CT molecular complexity index is 442. The lowest BCUT2D eigenvalue weighted by atomic mass is 10.2. The Morgan fingerprint density at radius 3 is 3.06 bits per heavy atom. The summed E-state index contributed by atoms with van der Waals surface area (Å²) in [6, 6.07) is 6.69. The molecule has 2 aromatic rings. The molecule has 1 aromatic heterocycles. The van der Waals surface area contributed by atoms with Crippen LogP contribution in [0.4, 0.5) is 4.39 Å². The molecule has 2 nitrogen and oxygen atoms in total. The maximum absolute atomic E-state index is 12.9. The van der Waals surface area contributed by atoms with E-state index < -0.39 is 0 Å². The zero-order valence-corrected chi connectivity index (χ0v) is 10.3. The Hall–Kier alpha value is -1.26. The van der Waals surface area contributed by atoms with E-state index in [-0.39, 0.29) is 5.82 Å². The minimum Gasteiger partial charge on any atom is -0.313 e. The van der Waals surface area contributed by atoms with Gasteiger partial charge in [-0.1, -0.05) is 12.1 Å². The average Bonchev–Trinajstić information content (AvgIpc) is 2.82. The normalized spacial score (nSPS) is 10.6. The number of nitrogens with one attached hydrogen (secondary N) is 1. The van der Waals surface area contributed by atoms with Crippen molar-refractivity contribution in [2.45, 2.75) is 19.4 Å². The van der Waals surface area contributed by atoms with Crippen molar-refractivity contribution in [3.05, 3.63) is 52.2 Å². The summed E-state index contributed by atoms with van der Waals surface area (Å²) in [4.78, 5) is 4.22. The molecule has 0 aliphatic carbocycles. The zero-order valence-electron chi connectivity index (χ0n) is 9.53. The lowest BCUT2D eigenvalue weighted by Crippen LogP contribution is -2.15. The second-order valence-electron chi connectivity index (χ2n) is 3.84. The quantitative estimate of drug-likeness (QED) is 0.797. The summed E-state index contributed by atoms with van der Waals surface area (Å²) in [5.74, 6) is -0.174. The topological polar surface area (TPSA) is 24.9 Å². The number of rotatable bonds is 6. The molecule has 0 aliphatic heterocycles. The summed E-state index contributed by atoms with van der Waals surface area (Å²) in [6.45, 7) is 1.64. The molecule has 0 unspecified atom stereocenters. The highest BCUT2D eigenvalue weighted by atomic mass is 32.1. The van der Waals surface area contributed by atoms with E-state index in [0.29, 0.717) is 0 Å². The highest BCUT2D eigenvalue weighted by molar-refractivity contribution is 7.09. The van der Waals surface area contributed by atoms with E-state index in [1.807, 2.05) is 17.6 Å². The highest BCUT2D eigenvalue weighted by Crippen LogP contribution is 2.06. The lowest BCUT2D eigenvalue weighted by molar-refractivity contribution is 0.616. The van der Waals surface area contributed by atoms with Crippen LogP contribution < -0.4 is 5.32 Å². The van der Waals surface area contributed by atoms with E-state index in [0.717, 1.165) is 31.5 Å². The van der Waals surface area contributed by atoms with Gasteiger partial charge in [0.15, 0.2) is 0 Å². The molecule has 0 saturated carbocycles. The molecular weight excluding hydrogens is 235 g/mol. The predicted molar refractivity (Wildman–Crippen MR) is 68.5 cm³/mol. The van der Waals surface area contributed by atoms with Gasteiger partial charge < -0.3 is 5.32 Å². The van der Waals surface area contributed by atoms with Crippen molar-refractivity contribution in [1.29, 1.82) is 0 Å². The predicted octanol–water partition coefficient (Wildman–Crippen LogP) is 3.00. The van der Waals surface area contributed by atoms with Gasteiger partial charge in [-0.25, -0.2) is 9.37 Å². The number of hydrogen-bond donors (Lipinski definition) is 1. The number of thiazole rings is 1. The van der Waals surface area contributed by atoms with Gasteiger partial charge in [0.25, 0.3) is 0 Å². The second-order valence-corrected chi connectivity index (χ2v) is 4.82. The highest BCUT2D eigenvalue weighted by Gasteiger charge is 1.97. The summed E-state index contributed by atoms with van der Waals surface area (Å²) in [5.41, 5.74) is 0.985. The number of halogens is 1. The monoisotopic (exact) mass is 250 g/mol. The standard InChI is InChI=1S/C13H15FN2S/c14-12-4-1-3-11(9-12)10-15-6-2-5-13-16-7-8-17-13/h1,3-4,7-9,15H,2,5-6,10H2. The van der Waals surface area contributed by atoms with Crippen molar-refractivity contribution < 1.29 is 4.39 Å². The van der Waals surface area contributed by atoms with E-state index in [1.54, 1.807) is 23.5 Å². The molecule has 0 fully saturated rings. The molecular formula is C13H15FN2S. The number of hydrogen-bond acceptors (Lipinski definition) is 3. The smallest absolute Gasteiger partial charge is 0.123 e. The third-order valence-corrected chi connectivity index (χ3v) is 3.29. The third kappa shape index (κ3) is 4.24. The summed E-state index contributed by atoms with van der Waals surface area (Å²) in [6.07, 6.45) is 3.90. The van der Waals surface area contributed by atoms with Crippen molar-refractivity contribution in [2.75, 3.05) is 6.54 Å². The molecule has 1 heterocycles. The van der Waals surface area contributed by atoms with Crippen LogP contribution in [0.15, 0.2) is 35.8 Å². The van der Waals surface area contributed by atoms with Crippen LogP contribution in [0.5, 0.6) is 0 Å². The SMILES string of the molecule is Fc1cccc(CNCCCc2nccs2)c1. The number of benzene rings is 1. The summed E-state index contributed by atoms with van der Waals surface area (Å²) in [7, 11) is 0. The molecule has 0 atom stereocenters. The van der Waals surface area contributed by atoms with Gasteiger partial charge in [-0.3, -0.25) is 0 Å². The van der Waals surface area contributed by atoms with Gasteiger partial charge in [-0.05, 0) is 30.7 Å². The summed E-state index contributed by atoms with van der Waals surface area (Å²) in [5, 5.41) is 6.48. The van der Waals surface area contributed by atoms with Crippen molar-refractivity contribution in [1.82, 2.24) is 10.3 Å². The molecule has 90 valence electrons. The van der Waals surface area contributed by atoms with E-state index >= 15 is 0 Å². The minimum atomic E-state index is -0.174. The Balaban J connectivity index is 1.63. The van der Waals surface area contributed by atoms with E-state index in [9.17, 15) is 4.39 Å². The molecule has 0 aliphatic rings. The molecule has 1 aromatic carbocycles. The fraction of sp³-hybridized carbons (Fsp3) is 0.308. The van der Waals surface area contributed by atoms with E-state index in [1.165, 1.54) is 11.1 Å². The molecule has 0 amide bonds. The third-order valence-electron chi connectivity index (χ3n) is 2.45. The van der Waals surface area contributed by atoms with E-state index in [2.05, 4.69) is 10.3 Å². The number of aryl methyl sites for hydroxylation is 1.